The minimum Gasteiger partial charge on any atom is -0.481 e. The second-order valence-electron chi connectivity index (χ2n) is 4.27. The third-order valence-electron chi connectivity index (χ3n) is 2.98. The number of aliphatic carboxylic acids is 1. The maximum Gasteiger partial charge on any atom is 0.416 e. The van der Waals surface area contributed by atoms with Crippen molar-refractivity contribution < 1.29 is 19.4 Å². The normalized spacial score (nSPS) is 16.2. The summed E-state index contributed by atoms with van der Waals surface area (Å²) in [6.45, 7) is 0.743. The Kier molecular flexibility index (Phi) is 4.21. The zero-order valence-electron chi connectivity index (χ0n) is 10.1. The number of carboxylic acids is 1. The predicted octanol–water partition coefficient (Wildman–Crippen LogP) is 2.03. The van der Waals surface area contributed by atoms with Crippen LogP contribution in [0.5, 0.6) is 5.88 Å². The molecule has 0 spiro atoms. The summed E-state index contributed by atoms with van der Waals surface area (Å²) in [5, 5.41) is 9.11. The summed E-state index contributed by atoms with van der Waals surface area (Å²) in [6, 6.07) is 4.75. The molecule has 7 heteroatoms. The number of rotatable bonds is 2. The largest absolute Gasteiger partial charge is 0.481 e. The number of amides is 1. The van der Waals surface area contributed by atoms with Gasteiger partial charge < -0.3 is 14.7 Å². The summed E-state index contributed by atoms with van der Waals surface area (Å²) < 4.78 is 5.07. The molecule has 0 bridgehead atoms. The van der Waals surface area contributed by atoms with E-state index in [4.69, 9.17) is 21.4 Å². The number of halogens is 1. The monoisotopic (exact) mass is 284 g/mol. The van der Waals surface area contributed by atoms with Crippen LogP contribution < -0.4 is 4.74 Å². The molecule has 0 atom stereocenters. The molecule has 6 nitrogen and oxygen atoms in total. The fourth-order valence-electron chi connectivity index (χ4n) is 1.91. The first-order chi connectivity index (χ1) is 9.06. The van der Waals surface area contributed by atoms with E-state index in [1.54, 1.807) is 12.1 Å². The van der Waals surface area contributed by atoms with Crippen molar-refractivity contribution in [1.82, 2.24) is 9.88 Å². The predicted molar refractivity (Wildman–Crippen MR) is 67.2 cm³/mol. The van der Waals surface area contributed by atoms with E-state index in [1.165, 1.54) is 11.0 Å². The number of aromatic nitrogens is 1. The highest BCUT2D eigenvalue weighted by atomic mass is 35.5. The minimum absolute atomic E-state index is 0.137. The number of carbonyl (C=O) groups is 2. The summed E-state index contributed by atoms with van der Waals surface area (Å²) in [6.07, 6.45) is 0.347. The molecule has 102 valence electrons. The quantitative estimate of drug-likeness (QED) is 0.841. The van der Waals surface area contributed by atoms with Crippen LogP contribution >= 0.6 is 11.6 Å². The maximum absolute atomic E-state index is 11.8. The number of piperidine rings is 1. The van der Waals surface area contributed by atoms with Gasteiger partial charge in [-0.2, -0.15) is 0 Å². The Hall–Kier alpha value is -1.82. The van der Waals surface area contributed by atoms with Gasteiger partial charge in [-0.05, 0) is 18.9 Å². The van der Waals surface area contributed by atoms with Crippen LogP contribution in [0.15, 0.2) is 18.2 Å². The van der Waals surface area contributed by atoms with Gasteiger partial charge in [-0.25, -0.2) is 9.78 Å². The average Bonchev–Trinajstić information content (AvgIpc) is 2.39. The van der Waals surface area contributed by atoms with Crippen molar-refractivity contribution in [3.05, 3.63) is 23.4 Å². The topological polar surface area (TPSA) is 79.7 Å². The van der Waals surface area contributed by atoms with Crippen molar-refractivity contribution in [3.63, 3.8) is 0 Å². The van der Waals surface area contributed by atoms with Crippen LogP contribution in [0.2, 0.25) is 5.15 Å². The van der Waals surface area contributed by atoms with Crippen molar-refractivity contribution in [3.8, 4) is 5.88 Å². The Bertz CT molecular complexity index is 486. The lowest BCUT2D eigenvalue weighted by Crippen LogP contribution is -2.41. The fraction of sp³-hybridized carbons (Fsp3) is 0.417. The van der Waals surface area contributed by atoms with Gasteiger partial charge >= 0.3 is 12.1 Å². The third kappa shape index (κ3) is 3.57. The average molecular weight is 285 g/mol. The lowest BCUT2D eigenvalue weighted by atomic mass is 9.97. The van der Waals surface area contributed by atoms with Crippen LogP contribution in [-0.2, 0) is 4.79 Å². The van der Waals surface area contributed by atoms with Crippen LogP contribution in [-0.4, -0.2) is 40.1 Å². The Morgan fingerprint density at radius 2 is 2.05 bits per heavy atom. The molecule has 2 heterocycles. The molecule has 1 aromatic rings. The molecule has 1 fully saturated rings. The highest BCUT2D eigenvalue weighted by Crippen LogP contribution is 2.19. The molecule has 1 saturated heterocycles. The summed E-state index contributed by atoms with van der Waals surface area (Å²) in [5.41, 5.74) is 0. The van der Waals surface area contributed by atoms with Gasteiger partial charge in [0.2, 0.25) is 5.88 Å². The number of carbonyl (C=O) groups excluding carboxylic acids is 1. The molecule has 1 amide bonds. The van der Waals surface area contributed by atoms with Crippen molar-refractivity contribution >= 4 is 23.7 Å². The fourth-order valence-corrected chi connectivity index (χ4v) is 2.07. The van der Waals surface area contributed by atoms with E-state index >= 15 is 0 Å². The number of hydrogen-bond donors (Lipinski definition) is 1. The van der Waals surface area contributed by atoms with Crippen LogP contribution in [0.3, 0.4) is 0 Å². The van der Waals surface area contributed by atoms with Crippen LogP contribution in [0.1, 0.15) is 12.8 Å². The van der Waals surface area contributed by atoms with Crippen molar-refractivity contribution in [2.75, 3.05) is 13.1 Å². The summed E-state index contributed by atoms with van der Waals surface area (Å²) in [4.78, 5) is 28.0. The molecule has 0 aliphatic carbocycles. The SMILES string of the molecule is O=C(O)C1CCN(C(=O)Oc2cccc(Cl)n2)CC1. The standard InChI is InChI=1S/C12H13ClN2O4/c13-9-2-1-3-10(14-9)19-12(18)15-6-4-8(5-7-15)11(16)17/h1-3,8H,4-7H2,(H,16,17). The van der Waals surface area contributed by atoms with Gasteiger partial charge in [-0.3, -0.25) is 4.79 Å². The molecular weight excluding hydrogens is 272 g/mol. The van der Waals surface area contributed by atoms with E-state index in [0.717, 1.165) is 0 Å². The van der Waals surface area contributed by atoms with Crippen molar-refractivity contribution in [2.45, 2.75) is 12.8 Å². The third-order valence-corrected chi connectivity index (χ3v) is 3.19. The van der Waals surface area contributed by atoms with Gasteiger partial charge in [-0.15, -0.1) is 0 Å². The van der Waals surface area contributed by atoms with Gasteiger partial charge in [-0.1, -0.05) is 17.7 Å². The molecule has 2 rings (SSSR count). The second-order valence-corrected chi connectivity index (χ2v) is 4.65. The van der Waals surface area contributed by atoms with Gasteiger partial charge in [0.1, 0.15) is 5.15 Å². The summed E-state index contributed by atoms with van der Waals surface area (Å²) in [5.74, 6) is -1.06. The first kappa shape index (κ1) is 13.6. The van der Waals surface area contributed by atoms with Crippen LogP contribution in [0.4, 0.5) is 4.79 Å². The number of likely N-dealkylation sites (tertiary alicyclic amines) is 1. The smallest absolute Gasteiger partial charge is 0.416 e. The molecule has 0 unspecified atom stereocenters. The zero-order valence-corrected chi connectivity index (χ0v) is 10.8. The highest BCUT2D eigenvalue weighted by Gasteiger charge is 2.28. The van der Waals surface area contributed by atoms with E-state index in [1.807, 2.05) is 0 Å². The Labute approximate surface area is 114 Å². The summed E-state index contributed by atoms with van der Waals surface area (Å²) in [7, 11) is 0. The Morgan fingerprint density at radius 3 is 2.63 bits per heavy atom. The molecule has 0 saturated carbocycles. The Morgan fingerprint density at radius 1 is 1.37 bits per heavy atom. The molecule has 1 aliphatic heterocycles. The molecule has 1 N–H and O–H groups in total. The first-order valence-corrected chi connectivity index (χ1v) is 6.26. The van der Waals surface area contributed by atoms with Gasteiger partial charge in [0.25, 0.3) is 0 Å². The lowest BCUT2D eigenvalue weighted by molar-refractivity contribution is -0.143. The van der Waals surface area contributed by atoms with E-state index in [-0.39, 0.29) is 17.0 Å². The van der Waals surface area contributed by atoms with Gasteiger partial charge in [0.15, 0.2) is 0 Å². The van der Waals surface area contributed by atoms with Gasteiger partial charge in [0, 0.05) is 19.2 Å². The molecule has 0 radical (unpaired) electrons. The molecule has 1 aromatic heterocycles. The summed E-state index contributed by atoms with van der Waals surface area (Å²) >= 11 is 5.69. The molecular formula is C12H13ClN2O4. The second kappa shape index (κ2) is 5.88. The minimum atomic E-state index is -0.815. The van der Waals surface area contributed by atoms with E-state index in [9.17, 15) is 9.59 Å². The maximum atomic E-state index is 11.8. The molecule has 1 aliphatic rings. The Balaban J connectivity index is 1.90. The van der Waals surface area contributed by atoms with E-state index < -0.39 is 12.1 Å². The number of nitrogens with zero attached hydrogens (tertiary/aromatic N) is 2. The van der Waals surface area contributed by atoms with E-state index in [0.29, 0.717) is 25.9 Å². The van der Waals surface area contributed by atoms with Crippen LogP contribution in [0.25, 0.3) is 0 Å². The van der Waals surface area contributed by atoms with Gasteiger partial charge in [0.05, 0.1) is 5.92 Å². The van der Waals surface area contributed by atoms with E-state index in [2.05, 4.69) is 4.98 Å². The lowest BCUT2D eigenvalue weighted by Gasteiger charge is -2.28. The number of pyridine rings is 1. The van der Waals surface area contributed by atoms with Crippen LogP contribution in [0, 0.1) is 5.92 Å². The highest BCUT2D eigenvalue weighted by molar-refractivity contribution is 6.29. The van der Waals surface area contributed by atoms with Crippen molar-refractivity contribution in [2.24, 2.45) is 5.92 Å². The number of carboxylic acid groups (broad SMARTS) is 1. The molecule has 19 heavy (non-hydrogen) atoms. The molecule has 0 aromatic carbocycles. The first-order valence-electron chi connectivity index (χ1n) is 5.88. The number of ether oxygens (including phenoxy) is 1. The van der Waals surface area contributed by atoms with Crippen molar-refractivity contribution in [1.29, 1.82) is 0 Å². The zero-order chi connectivity index (χ0) is 13.8. The number of hydrogen-bond acceptors (Lipinski definition) is 4.